The zero-order chi connectivity index (χ0) is 20.9. The summed E-state index contributed by atoms with van der Waals surface area (Å²) in [6.07, 6.45) is 9.19. The number of nitro groups is 1. The van der Waals surface area contributed by atoms with Crippen LogP contribution >= 0.6 is 0 Å². The van der Waals surface area contributed by atoms with Crippen LogP contribution in [0, 0.1) is 40.2 Å². The van der Waals surface area contributed by atoms with Gasteiger partial charge in [-0.2, -0.15) is 9.67 Å². The molecule has 4 fully saturated rings. The molecule has 10 nitrogen and oxygen atoms in total. The molecule has 4 aliphatic carbocycles. The Bertz CT molecular complexity index is 945. The van der Waals surface area contributed by atoms with Crippen molar-refractivity contribution in [1.29, 1.82) is 0 Å². The third-order valence-corrected chi connectivity index (χ3v) is 7.21. The molecule has 4 aliphatic rings. The molecule has 4 saturated carbocycles. The van der Waals surface area contributed by atoms with Gasteiger partial charge in [0.15, 0.2) is 5.82 Å². The maximum absolute atomic E-state index is 12.4. The van der Waals surface area contributed by atoms with Gasteiger partial charge in [-0.1, -0.05) is 5.16 Å². The Morgan fingerprint density at radius 2 is 1.97 bits per heavy atom. The number of nitrogens with one attached hydrogen (secondary N) is 1. The van der Waals surface area contributed by atoms with Crippen molar-refractivity contribution in [3.05, 3.63) is 33.6 Å². The monoisotopic (exact) mass is 414 g/mol. The molecule has 0 saturated heterocycles. The van der Waals surface area contributed by atoms with Crippen molar-refractivity contribution in [3.8, 4) is 0 Å². The molecule has 30 heavy (non-hydrogen) atoms. The number of hydrogen-bond acceptors (Lipinski definition) is 7. The highest BCUT2D eigenvalue weighted by molar-refractivity contribution is 5.89. The van der Waals surface area contributed by atoms with E-state index in [1.165, 1.54) is 49.3 Å². The summed E-state index contributed by atoms with van der Waals surface area (Å²) in [6.45, 7) is 2.43. The molecule has 2 aromatic heterocycles. The van der Waals surface area contributed by atoms with Crippen LogP contribution in [-0.4, -0.2) is 37.3 Å². The van der Waals surface area contributed by atoms with Crippen LogP contribution in [0.3, 0.4) is 0 Å². The molecule has 0 spiro atoms. The van der Waals surface area contributed by atoms with Gasteiger partial charge in [-0.3, -0.25) is 4.79 Å². The van der Waals surface area contributed by atoms with Gasteiger partial charge in [0.05, 0.1) is 16.9 Å². The highest BCUT2D eigenvalue weighted by atomic mass is 16.6. The largest absolute Gasteiger partial charge is 0.390 e. The average Bonchev–Trinajstić information content (AvgIpc) is 3.28. The Morgan fingerprint density at radius 1 is 1.30 bits per heavy atom. The van der Waals surface area contributed by atoms with E-state index >= 15 is 0 Å². The van der Waals surface area contributed by atoms with Crippen LogP contribution in [0.5, 0.6) is 0 Å². The Hall–Kier alpha value is -2.78. The summed E-state index contributed by atoms with van der Waals surface area (Å²) in [7, 11) is 0. The molecule has 1 amide bonds. The summed E-state index contributed by atoms with van der Waals surface area (Å²) in [4.78, 5) is 26.9. The summed E-state index contributed by atoms with van der Waals surface area (Å²) in [5.41, 5.74) is 1.02. The van der Waals surface area contributed by atoms with E-state index in [0.717, 1.165) is 24.2 Å². The summed E-state index contributed by atoms with van der Waals surface area (Å²) >= 11 is 0. The molecular weight excluding hydrogens is 388 g/mol. The highest BCUT2D eigenvalue weighted by Gasteiger charge is 2.50. The fourth-order valence-electron chi connectivity index (χ4n) is 6.40. The van der Waals surface area contributed by atoms with Gasteiger partial charge in [0.1, 0.15) is 6.54 Å². The molecule has 2 heterocycles. The Labute approximate surface area is 173 Å². The molecule has 10 heteroatoms. The smallest absolute Gasteiger partial charge is 0.358 e. The van der Waals surface area contributed by atoms with Crippen molar-refractivity contribution in [3.63, 3.8) is 0 Å². The van der Waals surface area contributed by atoms with Gasteiger partial charge in [0, 0.05) is 6.54 Å². The lowest BCUT2D eigenvalue weighted by atomic mass is 9.49. The predicted octanol–water partition coefficient (Wildman–Crippen LogP) is 2.87. The number of amides is 1. The third-order valence-electron chi connectivity index (χ3n) is 7.21. The zero-order valence-electron chi connectivity index (χ0n) is 17.0. The van der Waals surface area contributed by atoms with E-state index in [9.17, 15) is 14.9 Å². The first kappa shape index (κ1) is 19.2. The van der Waals surface area contributed by atoms with Crippen LogP contribution in [0.15, 0.2) is 10.6 Å². The molecule has 0 atom stereocenters. The van der Waals surface area contributed by atoms with E-state index in [1.807, 2.05) is 0 Å². The number of aryl methyl sites for hydroxylation is 1. The van der Waals surface area contributed by atoms with Gasteiger partial charge in [-0.25, -0.2) is 0 Å². The molecule has 0 aromatic carbocycles. The number of aromatic nitrogens is 4. The highest BCUT2D eigenvalue weighted by Crippen LogP contribution is 2.61. The van der Waals surface area contributed by atoms with Gasteiger partial charge >= 0.3 is 17.6 Å². The zero-order valence-corrected chi connectivity index (χ0v) is 17.0. The third kappa shape index (κ3) is 3.59. The number of hydrogen-bond donors (Lipinski definition) is 1. The van der Waals surface area contributed by atoms with Crippen LogP contribution in [0.2, 0.25) is 0 Å². The quantitative estimate of drug-likeness (QED) is 0.545. The first-order chi connectivity index (χ1) is 14.4. The molecule has 0 unspecified atom stereocenters. The Kier molecular flexibility index (Phi) is 4.59. The van der Waals surface area contributed by atoms with E-state index in [-0.39, 0.29) is 30.0 Å². The van der Waals surface area contributed by atoms with Crippen molar-refractivity contribution < 1.29 is 14.2 Å². The van der Waals surface area contributed by atoms with Gasteiger partial charge in [0.25, 0.3) is 0 Å². The van der Waals surface area contributed by atoms with Gasteiger partial charge in [-0.05, 0) is 80.0 Å². The average molecular weight is 414 g/mol. The summed E-state index contributed by atoms with van der Waals surface area (Å²) in [5.74, 6) is 2.24. The number of nitrogens with zero attached hydrogens (tertiary/aromatic N) is 5. The lowest BCUT2D eigenvalue weighted by molar-refractivity contribution is -0.389. The van der Waals surface area contributed by atoms with Gasteiger partial charge in [-0.15, -0.1) is 0 Å². The van der Waals surface area contributed by atoms with Crippen LogP contribution in [0.1, 0.15) is 67.1 Å². The minimum atomic E-state index is -0.553. The van der Waals surface area contributed by atoms with E-state index in [1.54, 1.807) is 6.92 Å². The van der Waals surface area contributed by atoms with Crippen LogP contribution in [-0.2, 0) is 6.54 Å². The van der Waals surface area contributed by atoms with Crippen LogP contribution in [0.4, 0.5) is 5.82 Å². The maximum atomic E-state index is 12.4. The SMILES string of the molecule is Cc1cc([N+](=O)[O-])nn1Cc1noc(C(=O)NCCC23CC4CC(CC(C4)C2)C3)n1. The molecule has 0 aliphatic heterocycles. The van der Waals surface area contributed by atoms with Crippen molar-refractivity contribution in [2.45, 2.75) is 58.4 Å². The fourth-order valence-corrected chi connectivity index (χ4v) is 6.40. The maximum Gasteiger partial charge on any atom is 0.390 e. The topological polar surface area (TPSA) is 129 Å². The van der Waals surface area contributed by atoms with E-state index in [0.29, 0.717) is 17.7 Å². The lowest BCUT2D eigenvalue weighted by Gasteiger charge is -2.57. The predicted molar refractivity (Wildman–Crippen MR) is 105 cm³/mol. The first-order valence-corrected chi connectivity index (χ1v) is 10.7. The molecule has 160 valence electrons. The van der Waals surface area contributed by atoms with Crippen molar-refractivity contribution >= 4 is 11.7 Å². The summed E-state index contributed by atoms with van der Waals surface area (Å²) in [5, 5.41) is 21.5. The number of carbonyl (C=O) groups is 1. The van der Waals surface area contributed by atoms with Crippen molar-refractivity contribution in [2.24, 2.45) is 23.2 Å². The van der Waals surface area contributed by atoms with E-state index in [4.69, 9.17) is 4.52 Å². The molecule has 2 aromatic rings. The summed E-state index contributed by atoms with van der Waals surface area (Å²) < 4.78 is 6.51. The second-order valence-electron chi connectivity index (χ2n) is 9.50. The number of carbonyl (C=O) groups excluding carboxylic acids is 1. The van der Waals surface area contributed by atoms with Crippen LogP contribution < -0.4 is 5.32 Å². The molecule has 0 radical (unpaired) electrons. The summed E-state index contributed by atoms with van der Waals surface area (Å²) in [6, 6.07) is 1.37. The second-order valence-corrected chi connectivity index (χ2v) is 9.50. The van der Waals surface area contributed by atoms with Crippen molar-refractivity contribution in [1.82, 2.24) is 25.2 Å². The molecular formula is C20H26N6O4. The fraction of sp³-hybridized carbons (Fsp3) is 0.700. The Morgan fingerprint density at radius 3 is 2.57 bits per heavy atom. The minimum Gasteiger partial charge on any atom is -0.358 e. The van der Waals surface area contributed by atoms with E-state index < -0.39 is 4.92 Å². The Balaban J connectivity index is 1.16. The lowest BCUT2D eigenvalue weighted by Crippen LogP contribution is -2.47. The standard InChI is InChI=1S/C20H26N6O4/c1-12-4-17(26(28)29)23-25(12)11-16-22-19(30-24-16)18(27)21-3-2-20-8-13-5-14(9-20)7-15(6-13)10-20/h4,13-15H,2-3,5-11H2,1H3,(H,21,27). The van der Waals surface area contributed by atoms with Gasteiger partial charge in [0.2, 0.25) is 0 Å². The molecule has 4 bridgehead atoms. The first-order valence-electron chi connectivity index (χ1n) is 10.7. The molecule has 1 N–H and O–H groups in total. The van der Waals surface area contributed by atoms with Crippen molar-refractivity contribution in [2.75, 3.05) is 6.54 Å². The normalized spacial score (nSPS) is 29.3. The number of rotatable bonds is 7. The van der Waals surface area contributed by atoms with Crippen LogP contribution in [0.25, 0.3) is 0 Å². The molecule has 6 rings (SSSR count). The minimum absolute atomic E-state index is 0.0881. The van der Waals surface area contributed by atoms with Gasteiger partial charge < -0.3 is 20.0 Å². The second kappa shape index (κ2) is 7.17. The van der Waals surface area contributed by atoms with E-state index in [2.05, 4.69) is 20.6 Å².